The van der Waals surface area contributed by atoms with E-state index in [1.807, 2.05) is 35.1 Å². The van der Waals surface area contributed by atoms with E-state index < -0.39 is 0 Å². The van der Waals surface area contributed by atoms with Crippen LogP contribution in [0.5, 0.6) is 0 Å². The highest BCUT2D eigenvalue weighted by atomic mass is 35.5. The molecule has 3 nitrogen and oxygen atoms in total. The number of benzene rings is 1. The summed E-state index contributed by atoms with van der Waals surface area (Å²) in [5.41, 5.74) is 2.78. The lowest BCUT2D eigenvalue weighted by molar-refractivity contribution is 0.961. The van der Waals surface area contributed by atoms with Crippen molar-refractivity contribution in [3.05, 3.63) is 63.4 Å². The van der Waals surface area contributed by atoms with Crippen molar-refractivity contribution in [2.75, 3.05) is 5.32 Å². The average Bonchev–Trinajstić information content (AvgIpc) is 2.81. The lowest BCUT2D eigenvalue weighted by Crippen LogP contribution is -2.00. The van der Waals surface area contributed by atoms with Gasteiger partial charge < -0.3 is 5.32 Å². The molecule has 0 aliphatic carbocycles. The molecule has 0 amide bonds. The summed E-state index contributed by atoms with van der Waals surface area (Å²) in [7, 11) is 0. The third kappa shape index (κ3) is 2.57. The Morgan fingerprint density at radius 2 is 1.85 bits per heavy atom. The van der Waals surface area contributed by atoms with E-state index in [9.17, 15) is 0 Å². The van der Waals surface area contributed by atoms with Crippen LogP contribution in [0.1, 0.15) is 5.56 Å². The van der Waals surface area contributed by atoms with E-state index >= 15 is 0 Å². The third-order valence-electron chi connectivity index (χ3n) is 2.97. The van der Waals surface area contributed by atoms with Gasteiger partial charge in [-0.3, -0.25) is 0 Å². The highest BCUT2D eigenvalue weighted by Gasteiger charge is 2.09. The van der Waals surface area contributed by atoms with Gasteiger partial charge in [-0.05, 0) is 24.3 Å². The van der Waals surface area contributed by atoms with E-state index in [1.54, 1.807) is 12.1 Å². The molecule has 0 unspecified atom stereocenters. The largest absolute Gasteiger partial charge is 0.378 e. The monoisotopic (exact) mass is 325 g/mol. The van der Waals surface area contributed by atoms with Crippen molar-refractivity contribution in [2.45, 2.75) is 6.54 Å². The summed E-state index contributed by atoms with van der Waals surface area (Å²) in [6.45, 7) is 0.578. The minimum atomic E-state index is 0.499. The maximum Gasteiger partial charge on any atom is 0.0722 e. The molecule has 0 aliphatic heterocycles. The van der Waals surface area contributed by atoms with E-state index in [4.69, 9.17) is 34.8 Å². The number of nitrogens with zero attached hydrogens (tertiary/aromatic N) is 2. The standard InChI is InChI=1S/C14H10Cl3N3/c15-10-5-11(16)14(12(17)6-10)18-7-9-8-19-20-4-2-1-3-13(9)20/h1-6,8,18H,7H2. The van der Waals surface area contributed by atoms with Gasteiger partial charge in [0.2, 0.25) is 0 Å². The number of aromatic nitrogens is 2. The van der Waals surface area contributed by atoms with E-state index in [0.29, 0.717) is 27.3 Å². The number of pyridine rings is 1. The maximum atomic E-state index is 6.14. The van der Waals surface area contributed by atoms with Gasteiger partial charge >= 0.3 is 0 Å². The summed E-state index contributed by atoms with van der Waals surface area (Å²) in [4.78, 5) is 0. The highest BCUT2D eigenvalue weighted by molar-refractivity contribution is 6.41. The van der Waals surface area contributed by atoms with Gasteiger partial charge in [0, 0.05) is 23.3 Å². The normalized spacial score (nSPS) is 10.9. The molecule has 0 atom stereocenters. The molecule has 0 radical (unpaired) electrons. The van der Waals surface area contributed by atoms with Gasteiger partial charge in [0.05, 0.1) is 27.4 Å². The molecule has 0 fully saturated rings. The molecule has 0 saturated carbocycles. The minimum absolute atomic E-state index is 0.499. The van der Waals surface area contributed by atoms with E-state index in [2.05, 4.69) is 10.4 Å². The Labute approximate surface area is 131 Å². The fourth-order valence-electron chi connectivity index (χ4n) is 2.02. The third-order valence-corrected chi connectivity index (χ3v) is 3.78. The summed E-state index contributed by atoms with van der Waals surface area (Å²) < 4.78 is 1.82. The number of anilines is 1. The number of hydrogen-bond donors (Lipinski definition) is 1. The van der Waals surface area contributed by atoms with E-state index in [-0.39, 0.29) is 0 Å². The fourth-order valence-corrected chi connectivity index (χ4v) is 2.97. The van der Waals surface area contributed by atoms with Gasteiger partial charge in [-0.2, -0.15) is 5.10 Å². The predicted octanol–water partition coefficient (Wildman–Crippen LogP) is 4.91. The molecule has 20 heavy (non-hydrogen) atoms. The Kier molecular flexibility index (Phi) is 3.74. The maximum absolute atomic E-state index is 6.14. The number of fused-ring (bicyclic) bond motifs is 1. The first-order chi connectivity index (χ1) is 9.65. The highest BCUT2D eigenvalue weighted by Crippen LogP contribution is 2.34. The van der Waals surface area contributed by atoms with Gasteiger partial charge in [-0.15, -0.1) is 0 Å². The quantitative estimate of drug-likeness (QED) is 0.741. The van der Waals surface area contributed by atoms with Crippen LogP contribution in [0.2, 0.25) is 15.1 Å². The van der Waals surface area contributed by atoms with Crippen LogP contribution in [0, 0.1) is 0 Å². The summed E-state index contributed by atoms with van der Waals surface area (Å²) in [6.07, 6.45) is 3.72. The van der Waals surface area contributed by atoms with Crippen molar-refractivity contribution in [1.82, 2.24) is 9.61 Å². The Bertz CT molecular complexity index is 744. The molecule has 0 aliphatic rings. The first kappa shape index (κ1) is 13.6. The van der Waals surface area contributed by atoms with Crippen LogP contribution in [0.25, 0.3) is 5.52 Å². The topological polar surface area (TPSA) is 29.3 Å². The van der Waals surface area contributed by atoms with Gasteiger partial charge in [0.1, 0.15) is 0 Å². The molecule has 1 aromatic carbocycles. The molecule has 102 valence electrons. The second-order valence-electron chi connectivity index (χ2n) is 4.30. The van der Waals surface area contributed by atoms with Crippen LogP contribution in [0.3, 0.4) is 0 Å². The second-order valence-corrected chi connectivity index (χ2v) is 5.55. The molecule has 3 aromatic rings. The molecule has 0 spiro atoms. The number of hydrogen-bond acceptors (Lipinski definition) is 2. The number of rotatable bonds is 3. The van der Waals surface area contributed by atoms with Crippen molar-refractivity contribution < 1.29 is 0 Å². The van der Waals surface area contributed by atoms with Crippen molar-refractivity contribution in [3.63, 3.8) is 0 Å². The fraction of sp³-hybridized carbons (Fsp3) is 0.0714. The summed E-state index contributed by atoms with van der Waals surface area (Å²) in [5.74, 6) is 0. The molecule has 2 heterocycles. The van der Waals surface area contributed by atoms with Crippen molar-refractivity contribution in [1.29, 1.82) is 0 Å². The van der Waals surface area contributed by atoms with Gasteiger partial charge in [0.25, 0.3) is 0 Å². The van der Waals surface area contributed by atoms with E-state index in [1.165, 1.54) is 0 Å². The second kappa shape index (κ2) is 5.52. The predicted molar refractivity (Wildman–Crippen MR) is 84.0 cm³/mol. The molecule has 3 rings (SSSR count). The molecular formula is C14H10Cl3N3. The lowest BCUT2D eigenvalue weighted by atomic mass is 10.2. The molecule has 0 bridgehead atoms. The van der Waals surface area contributed by atoms with Crippen LogP contribution in [0.4, 0.5) is 5.69 Å². The Balaban J connectivity index is 1.87. The molecule has 0 saturated heterocycles. The van der Waals surface area contributed by atoms with Crippen molar-refractivity contribution in [2.24, 2.45) is 0 Å². The zero-order chi connectivity index (χ0) is 14.1. The zero-order valence-corrected chi connectivity index (χ0v) is 12.5. The van der Waals surface area contributed by atoms with Crippen molar-refractivity contribution >= 4 is 46.0 Å². The molecule has 6 heteroatoms. The first-order valence-corrected chi connectivity index (χ1v) is 7.08. The molecule has 2 aromatic heterocycles. The smallest absolute Gasteiger partial charge is 0.0722 e. The van der Waals surface area contributed by atoms with Crippen molar-refractivity contribution in [3.8, 4) is 0 Å². The van der Waals surface area contributed by atoms with Crippen LogP contribution in [-0.4, -0.2) is 9.61 Å². The van der Waals surface area contributed by atoms with Gasteiger partial charge in [-0.1, -0.05) is 40.9 Å². The van der Waals surface area contributed by atoms with Crippen LogP contribution in [0.15, 0.2) is 42.7 Å². The average molecular weight is 327 g/mol. The van der Waals surface area contributed by atoms with Crippen LogP contribution >= 0.6 is 34.8 Å². The van der Waals surface area contributed by atoms with E-state index in [0.717, 1.165) is 11.1 Å². The minimum Gasteiger partial charge on any atom is -0.378 e. The Morgan fingerprint density at radius 1 is 1.10 bits per heavy atom. The Hall–Kier alpha value is -1.42. The number of nitrogens with one attached hydrogen (secondary N) is 1. The number of halogens is 3. The summed E-state index contributed by atoms with van der Waals surface area (Å²) in [6, 6.07) is 9.24. The van der Waals surface area contributed by atoms with Crippen LogP contribution in [-0.2, 0) is 6.54 Å². The first-order valence-electron chi connectivity index (χ1n) is 5.95. The SMILES string of the molecule is Clc1cc(Cl)c(NCc2cnn3ccccc23)c(Cl)c1. The summed E-state index contributed by atoms with van der Waals surface area (Å²) in [5, 5.41) is 9.02. The van der Waals surface area contributed by atoms with Crippen LogP contribution < -0.4 is 5.32 Å². The zero-order valence-electron chi connectivity index (χ0n) is 10.3. The Morgan fingerprint density at radius 3 is 2.60 bits per heavy atom. The van der Waals surface area contributed by atoms with Gasteiger partial charge in [0.15, 0.2) is 0 Å². The molecule has 1 N–H and O–H groups in total. The molecular weight excluding hydrogens is 317 g/mol. The summed E-state index contributed by atoms with van der Waals surface area (Å²) >= 11 is 18.2. The lowest BCUT2D eigenvalue weighted by Gasteiger charge is -2.10. The van der Waals surface area contributed by atoms with Gasteiger partial charge in [-0.25, -0.2) is 4.52 Å².